The summed E-state index contributed by atoms with van der Waals surface area (Å²) in [7, 11) is 0. The summed E-state index contributed by atoms with van der Waals surface area (Å²) < 4.78 is 12.9. The third kappa shape index (κ3) is 4.10. The Kier molecular flexibility index (Phi) is 6.14. The molecule has 0 saturated carbocycles. The molecule has 3 aromatic heterocycles. The van der Waals surface area contributed by atoms with Gasteiger partial charge in [0.15, 0.2) is 5.16 Å². The van der Waals surface area contributed by atoms with Gasteiger partial charge in [0.1, 0.15) is 16.5 Å². The third-order valence-electron chi connectivity index (χ3n) is 4.67. The van der Waals surface area contributed by atoms with Crippen molar-refractivity contribution < 1.29 is 18.7 Å². The molecule has 0 bridgehead atoms. The molecule has 0 fully saturated rings. The average Bonchev–Trinajstić information content (AvgIpc) is 3.44. The standard InChI is InChI=1S/C20H20N4O5S2/c1-3-24-17(25)16-11(7-9-30-16)22-20(24)31-10-12-14(18(26)28-4-2)15(23-19(27)21-12)13-6-5-8-29-13/h5-9,15H,3-4,10H2,1-2H3,(H2,21,23,27). The molecule has 0 radical (unpaired) electrons. The number of nitrogens with one attached hydrogen (secondary N) is 2. The van der Waals surface area contributed by atoms with Crippen molar-refractivity contribution >= 4 is 45.3 Å². The smallest absolute Gasteiger partial charge is 0.338 e. The van der Waals surface area contributed by atoms with Gasteiger partial charge in [-0.15, -0.1) is 11.3 Å². The Morgan fingerprint density at radius 3 is 2.90 bits per heavy atom. The minimum absolute atomic E-state index is 0.104. The van der Waals surface area contributed by atoms with Crippen LogP contribution in [0.2, 0.25) is 0 Å². The number of hydrogen-bond acceptors (Lipinski definition) is 8. The van der Waals surface area contributed by atoms with Gasteiger partial charge >= 0.3 is 12.0 Å². The maximum Gasteiger partial charge on any atom is 0.338 e. The van der Waals surface area contributed by atoms with Crippen LogP contribution in [0.4, 0.5) is 4.79 Å². The van der Waals surface area contributed by atoms with E-state index in [9.17, 15) is 14.4 Å². The summed E-state index contributed by atoms with van der Waals surface area (Å²) in [6.07, 6.45) is 1.47. The third-order valence-corrected chi connectivity index (χ3v) is 6.56. The molecule has 4 rings (SSSR count). The number of amides is 2. The van der Waals surface area contributed by atoms with E-state index < -0.39 is 18.0 Å². The summed E-state index contributed by atoms with van der Waals surface area (Å²) in [5.41, 5.74) is 1.17. The molecule has 3 aromatic rings. The second-order valence-corrected chi connectivity index (χ2v) is 8.39. The van der Waals surface area contributed by atoms with Crippen LogP contribution in [0.25, 0.3) is 10.2 Å². The Bertz CT molecular complexity index is 1210. The van der Waals surface area contributed by atoms with Crippen LogP contribution in [0.15, 0.2) is 55.5 Å². The van der Waals surface area contributed by atoms with E-state index in [1.165, 1.54) is 29.4 Å². The van der Waals surface area contributed by atoms with E-state index >= 15 is 0 Å². The van der Waals surface area contributed by atoms with Gasteiger partial charge in [-0.3, -0.25) is 9.36 Å². The quantitative estimate of drug-likeness (QED) is 0.316. The first-order valence-corrected chi connectivity index (χ1v) is 11.5. The first-order chi connectivity index (χ1) is 15.0. The summed E-state index contributed by atoms with van der Waals surface area (Å²) in [6.45, 7) is 4.22. The highest BCUT2D eigenvalue weighted by molar-refractivity contribution is 7.99. The largest absolute Gasteiger partial charge is 0.467 e. The number of thiophene rings is 1. The lowest BCUT2D eigenvalue weighted by Gasteiger charge is -2.27. The molecule has 9 nitrogen and oxygen atoms in total. The Morgan fingerprint density at radius 1 is 1.35 bits per heavy atom. The van der Waals surface area contributed by atoms with E-state index in [2.05, 4.69) is 15.6 Å². The van der Waals surface area contributed by atoms with Crippen molar-refractivity contribution in [3.63, 3.8) is 0 Å². The van der Waals surface area contributed by atoms with Crippen LogP contribution in [0, 0.1) is 0 Å². The predicted octanol–water partition coefficient (Wildman–Crippen LogP) is 3.03. The first kappa shape index (κ1) is 21.2. The van der Waals surface area contributed by atoms with Gasteiger partial charge in [0.2, 0.25) is 0 Å². The SMILES string of the molecule is CCOC(=O)C1=C(CSc2nc3ccsc3c(=O)n2CC)NC(=O)NC1c1ccco1. The lowest BCUT2D eigenvalue weighted by molar-refractivity contribution is -0.139. The van der Waals surface area contributed by atoms with E-state index in [0.717, 1.165) is 0 Å². The van der Waals surface area contributed by atoms with Gasteiger partial charge in [0, 0.05) is 18.0 Å². The second kappa shape index (κ2) is 8.98. The molecule has 1 aliphatic rings. The van der Waals surface area contributed by atoms with Crippen molar-refractivity contribution in [2.75, 3.05) is 12.4 Å². The first-order valence-electron chi connectivity index (χ1n) is 9.65. The molecular formula is C20H20N4O5S2. The van der Waals surface area contributed by atoms with Crippen LogP contribution in [0.3, 0.4) is 0 Å². The molecule has 0 spiro atoms. The molecule has 31 heavy (non-hydrogen) atoms. The highest BCUT2D eigenvalue weighted by Gasteiger charge is 2.35. The van der Waals surface area contributed by atoms with Crippen LogP contribution in [-0.2, 0) is 16.1 Å². The normalized spacial score (nSPS) is 16.3. The number of esters is 1. The molecule has 162 valence electrons. The summed E-state index contributed by atoms with van der Waals surface area (Å²) in [4.78, 5) is 42.4. The van der Waals surface area contributed by atoms with Gasteiger partial charge in [-0.1, -0.05) is 11.8 Å². The lowest BCUT2D eigenvalue weighted by Crippen LogP contribution is -2.46. The zero-order valence-electron chi connectivity index (χ0n) is 16.8. The highest BCUT2D eigenvalue weighted by Crippen LogP contribution is 2.31. The number of fused-ring (bicyclic) bond motifs is 1. The van der Waals surface area contributed by atoms with Gasteiger partial charge in [-0.05, 0) is 37.4 Å². The van der Waals surface area contributed by atoms with E-state index in [1.807, 2.05) is 12.3 Å². The molecule has 2 N–H and O–H groups in total. The second-order valence-electron chi connectivity index (χ2n) is 6.53. The molecule has 4 heterocycles. The molecule has 2 amide bonds. The van der Waals surface area contributed by atoms with Crippen LogP contribution in [-0.4, -0.2) is 33.9 Å². The fourth-order valence-corrected chi connectivity index (χ4v) is 5.11. The summed E-state index contributed by atoms with van der Waals surface area (Å²) in [5, 5.41) is 7.75. The summed E-state index contributed by atoms with van der Waals surface area (Å²) in [5.74, 6) is 0.0748. The Labute approximate surface area is 185 Å². The number of urea groups is 1. The molecule has 0 saturated heterocycles. The maximum atomic E-state index is 12.8. The zero-order chi connectivity index (χ0) is 22.0. The summed E-state index contributed by atoms with van der Waals surface area (Å²) in [6, 6.07) is 3.92. The van der Waals surface area contributed by atoms with Crippen molar-refractivity contribution in [3.8, 4) is 0 Å². The van der Waals surface area contributed by atoms with Gasteiger partial charge in [-0.25, -0.2) is 14.6 Å². The Balaban J connectivity index is 1.73. The number of nitrogens with zero attached hydrogens (tertiary/aromatic N) is 2. The predicted molar refractivity (Wildman–Crippen MR) is 117 cm³/mol. The number of rotatable bonds is 7. The van der Waals surface area contributed by atoms with E-state index in [4.69, 9.17) is 9.15 Å². The molecule has 1 unspecified atom stereocenters. The minimum Gasteiger partial charge on any atom is -0.467 e. The number of carbonyl (C=O) groups excluding carboxylic acids is 2. The number of thioether (sulfide) groups is 1. The van der Waals surface area contributed by atoms with Gasteiger partial charge < -0.3 is 19.8 Å². The monoisotopic (exact) mass is 460 g/mol. The van der Waals surface area contributed by atoms with Crippen LogP contribution in [0.5, 0.6) is 0 Å². The van der Waals surface area contributed by atoms with Crippen LogP contribution < -0.4 is 16.2 Å². The molecular weight excluding hydrogens is 440 g/mol. The number of carbonyl (C=O) groups is 2. The van der Waals surface area contributed by atoms with Crippen molar-refractivity contribution in [1.82, 2.24) is 20.2 Å². The molecule has 1 atom stereocenters. The minimum atomic E-state index is -0.779. The fourth-order valence-electron chi connectivity index (χ4n) is 3.30. The molecule has 0 aliphatic carbocycles. The molecule has 11 heteroatoms. The number of ether oxygens (including phenoxy) is 1. The van der Waals surface area contributed by atoms with Crippen molar-refractivity contribution in [2.45, 2.75) is 31.6 Å². The molecule has 1 aliphatic heterocycles. The molecule has 0 aromatic carbocycles. The van der Waals surface area contributed by atoms with Crippen molar-refractivity contribution in [1.29, 1.82) is 0 Å². The number of furan rings is 1. The zero-order valence-corrected chi connectivity index (χ0v) is 18.5. The highest BCUT2D eigenvalue weighted by atomic mass is 32.2. The fraction of sp³-hybridized carbons (Fsp3) is 0.300. The van der Waals surface area contributed by atoms with E-state index in [1.54, 1.807) is 29.7 Å². The number of aromatic nitrogens is 2. The van der Waals surface area contributed by atoms with Gasteiger partial charge in [0.25, 0.3) is 5.56 Å². The Morgan fingerprint density at radius 2 is 2.19 bits per heavy atom. The van der Waals surface area contributed by atoms with Crippen LogP contribution >= 0.6 is 23.1 Å². The number of hydrogen-bond donors (Lipinski definition) is 2. The van der Waals surface area contributed by atoms with Crippen LogP contribution in [0.1, 0.15) is 25.6 Å². The topological polar surface area (TPSA) is 115 Å². The average molecular weight is 461 g/mol. The maximum absolute atomic E-state index is 12.8. The van der Waals surface area contributed by atoms with Crippen molar-refractivity contribution in [2.24, 2.45) is 0 Å². The van der Waals surface area contributed by atoms with E-state index in [-0.39, 0.29) is 23.5 Å². The van der Waals surface area contributed by atoms with Gasteiger partial charge in [0.05, 0.1) is 24.0 Å². The van der Waals surface area contributed by atoms with Crippen molar-refractivity contribution in [3.05, 3.63) is 57.2 Å². The Hall–Kier alpha value is -3.05. The summed E-state index contributed by atoms with van der Waals surface area (Å²) >= 11 is 2.62. The lowest BCUT2D eigenvalue weighted by atomic mass is 10.0. The van der Waals surface area contributed by atoms with E-state index in [0.29, 0.717) is 33.4 Å². The van der Waals surface area contributed by atoms with Gasteiger partial charge in [-0.2, -0.15) is 0 Å².